The van der Waals surface area contributed by atoms with Crippen molar-refractivity contribution in [3.63, 3.8) is 0 Å². The van der Waals surface area contributed by atoms with Crippen LogP contribution in [0.2, 0.25) is 0 Å². The van der Waals surface area contributed by atoms with Crippen molar-refractivity contribution in [1.82, 2.24) is 29.6 Å². The number of hydrogen-bond donors (Lipinski definition) is 2. The molecule has 0 saturated carbocycles. The second-order valence-electron chi connectivity index (χ2n) is 8.69. The van der Waals surface area contributed by atoms with Gasteiger partial charge in [-0.05, 0) is 38.2 Å². The Kier molecular flexibility index (Phi) is 5.26. The maximum Gasteiger partial charge on any atom is 0.243 e. The van der Waals surface area contributed by atoms with Gasteiger partial charge in [-0.2, -0.15) is 0 Å². The molecule has 4 aliphatic rings. The summed E-state index contributed by atoms with van der Waals surface area (Å²) in [5.74, 6) is 1.10. The summed E-state index contributed by atoms with van der Waals surface area (Å²) >= 11 is 0. The molecule has 8 heteroatoms. The van der Waals surface area contributed by atoms with E-state index in [2.05, 4.69) is 36.9 Å². The van der Waals surface area contributed by atoms with Gasteiger partial charge in [0, 0.05) is 58.0 Å². The molecule has 3 unspecified atom stereocenters. The van der Waals surface area contributed by atoms with Crippen LogP contribution in [-0.2, 0) is 11.3 Å². The maximum atomic E-state index is 12.9. The number of H-pyrrole nitrogens is 1. The van der Waals surface area contributed by atoms with Gasteiger partial charge in [0.25, 0.3) is 0 Å². The standard InChI is InChI=1S/C21H31N7O/c1-25-7-9-27(10-8-25)15-20-23-17-4-3-16(13-18(17)24-20)22-21(29)19-14-26-5-2-6-28(19)12-11-26/h3-4,13,19H,2,5-12,14-15H2,1H3,(H,22,29)(H,23,24). The Morgan fingerprint density at radius 1 is 1.14 bits per heavy atom. The van der Waals surface area contributed by atoms with E-state index >= 15 is 0 Å². The highest BCUT2D eigenvalue weighted by Crippen LogP contribution is 2.21. The van der Waals surface area contributed by atoms with Gasteiger partial charge in [-0.1, -0.05) is 0 Å². The van der Waals surface area contributed by atoms with Crippen LogP contribution in [0, 0.1) is 0 Å². The van der Waals surface area contributed by atoms with Crippen LogP contribution in [0.5, 0.6) is 0 Å². The Morgan fingerprint density at radius 3 is 2.86 bits per heavy atom. The number of likely N-dealkylation sites (N-methyl/N-ethyl adjacent to an activating group) is 1. The Morgan fingerprint density at radius 2 is 2.00 bits per heavy atom. The number of carbonyl (C=O) groups excluding carboxylic acids is 1. The minimum Gasteiger partial charge on any atom is -0.341 e. The molecule has 156 valence electrons. The fourth-order valence-electron chi connectivity index (χ4n) is 4.75. The van der Waals surface area contributed by atoms with Gasteiger partial charge in [0.05, 0.1) is 17.6 Å². The third-order valence-corrected chi connectivity index (χ3v) is 6.57. The molecule has 1 aromatic carbocycles. The highest BCUT2D eigenvalue weighted by atomic mass is 16.2. The van der Waals surface area contributed by atoms with E-state index in [4.69, 9.17) is 4.98 Å². The van der Waals surface area contributed by atoms with Crippen molar-refractivity contribution in [2.75, 3.05) is 71.3 Å². The molecule has 1 amide bonds. The molecule has 4 aliphatic heterocycles. The van der Waals surface area contributed by atoms with E-state index in [1.807, 2.05) is 18.2 Å². The monoisotopic (exact) mass is 397 g/mol. The lowest BCUT2D eigenvalue weighted by Crippen LogP contribution is -2.55. The molecule has 0 spiro atoms. The van der Waals surface area contributed by atoms with Crippen LogP contribution < -0.4 is 5.32 Å². The lowest BCUT2D eigenvalue weighted by atomic mass is 10.1. The minimum atomic E-state index is -0.0449. The first-order chi connectivity index (χ1) is 14.1. The third kappa shape index (κ3) is 4.16. The Balaban J connectivity index is 1.25. The summed E-state index contributed by atoms with van der Waals surface area (Å²) in [6, 6.07) is 5.93. The van der Waals surface area contributed by atoms with Crippen LogP contribution in [-0.4, -0.2) is 107 Å². The molecule has 2 aromatic rings. The summed E-state index contributed by atoms with van der Waals surface area (Å²) in [6.45, 7) is 10.2. The first-order valence-corrected chi connectivity index (χ1v) is 10.8. The summed E-state index contributed by atoms with van der Waals surface area (Å²) < 4.78 is 0. The quantitative estimate of drug-likeness (QED) is 0.789. The molecule has 2 bridgehead atoms. The van der Waals surface area contributed by atoms with Gasteiger partial charge in [-0.3, -0.25) is 19.5 Å². The van der Waals surface area contributed by atoms with E-state index in [1.54, 1.807) is 0 Å². The molecule has 0 aliphatic carbocycles. The van der Waals surface area contributed by atoms with Crippen molar-refractivity contribution in [1.29, 1.82) is 0 Å². The number of aromatic nitrogens is 2. The van der Waals surface area contributed by atoms with Crippen LogP contribution in [0.15, 0.2) is 18.2 Å². The number of aromatic amines is 1. The number of amides is 1. The van der Waals surface area contributed by atoms with Gasteiger partial charge in [-0.15, -0.1) is 0 Å². The zero-order valence-electron chi connectivity index (χ0n) is 17.2. The average molecular weight is 398 g/mol. The SMILES string of the molecule is CN1CCN(Cc2nc3ccc(NC(=O)C4CN5CCCN4CC5)cc3[nH]2)CC1. The molecule has 29 heavy (non-hydrogen) atoms. The highest BCUT2D eigenvalue weighted by Gasteiger charge is 2.34. The van der Waals surface area contributed by atoms with Crippen LogP contribution in [0.25, 0.3) is 11.0 Å². The van der Waals surface area contributed by atoms with Crippen LogP contribution >= 0.6 is 0 Å². The number of benzene rings is 1. The largest absolute Gasteiger partial charge is 0.341 e. The fraction of sp³-hybridized carbons (Fsp3) is 0.619. The predicted octanol–water partition coefficient (Wildman–Crippen LogP) is 0.639. The molecule has 6 rings (SSSR count). The lowest BCUT2D eigenvalue weighted by Gasteiger charge is -2.36. The molecular weight excluding hydrogens is 366 g/mol. The van der Waals surface area contributed by atoms with Crippen molar-refractivity contribution < 1.29 is 4.79 Å². The summed E-state index contributed by atoms with van der Waals surface area (Å²) in [5.41, 5.74) is 2.78. The van der Waals surface area contributed by atoms with Crippen molar-refractivity contribution in [3.8, 4) is 0 Å². The number of imidazole rings is 1. The summed E-state index contributed by atoms with van der Waals surface area (Å²) in [7, 11) is 2.17. The zero-order valence-corrected chi connectivity index (χ0v) is 17.2. The van der Waals surface area contributed by atoms with E-state index in [0.29, 0.717) is 0 Å². The van der Waals surface area contributed by atoms with Gasteiger partial charge in [0.2, 0.25) is 5.91 Å². The van der Waals surface area contributed by atoms with Crippen molar-refractivity contribution in [2.45, 2.75) is 19.0 Å². The molecule has 4 saturated heterocycles. The molecule has 8 nitrogen and oxygen atoms in total. The van der Waals surface area contributed by atoms with Crippen LogP contribution in [0.1, 0.15) is 12.2 Å². The summed E-state index contributed by atoms with van der Waals surface area (Å²) in [5, 5.41) is 3.14. The number of hydrogen-bond acceptors (Lipinski definition) is 6. The molecule has 5 heterocycles. The van der Waals surface area contributed by atoms with Crippen LogP contribution in [0.4, 0.5) is 5.69 Å². The Hall–Kier alpha value is -2.00. The number of rotatable bonds is 4. The molecule has 1 aromatic heterocycles. The number of anilines is 1. The first kappa shape index (κ1) is 19.0. The predicted molar refractivity (Wildman–Crippen MR) is 114 cm³/mol. The van der Waals surface area contributed by atoms with Gasteiger partial charge in [0.1, 0.15) is 11.9 Å². The second-order valence-corrected chi connectivity index (χ2v) is 8.69. The van der Waals surface area contributed by atoms with Gasteiger partial charge < -0.3 is 15.2 Å². The number of piperazine rings is 2. The van der Waals surface area contributed by atoms with Crippen molar-refractivity contribution >= 4 is 22.6 Å². The van der Waals surface area contributed by atoms with E-state index in [0.717, 1.165) is 94.4 Å². The Bertz CT molecular complexity index is 869. The zero-order chi connectivity index (χ0) is 19.8. The average Bonchev–Trinajstić information content (AvgIpc) is 2.87. The topological polar surface area (TPSA) is 70.7 Å². The van der Waals surface area contributed by atoms with Gasteiger partial charge in [0.15, 0.2) is 0 Å². The highest BCUT2D eigenvalue weighted by molar-refractivity contribution is 5.96. The molecule has 4 fully saturated rings. The molecule has 2 N–H and O–H groups in total. The minimum absolute atomic E-state index is 0.0449. The fourth-order valence-corrected chi connectivity index (χ4v) is 4.75. The summed E-state index contributed by atoms with van der Waals surface area (Å²) in [6.07, 6.45) is 1.15. The van der Waals surface area contributed by atoms with E-state index in [9.17, 15) is 4.79 Å². The summed E-state index contributed by atoms with van der Waals surface area (Å²) in [4.78, 5) is 30.7. The maximum absolute atomic E-state index is 12.9. The number of nitrogens with zero attached hydrogens (tertiary/aromatic N) is 5. The normalized spacial score (nSPS) is 28.5. The lowest BCUT2D eigenvalue weighted by molar-refractivity contribution is -0.122. The van der Waals surface area contributed by atoms with E-state index in [-0.39, 0.29) is 11.9 Å². The molecular formula is C21H31N7O. The van der Waals surface area contributed by atoms with Gasteiger partial charge >= 0.3 is 0 Å². The molecule has 0 radical (unpaired) electrons. The third-order valence-electron chi connectivity index (χ3n) is 6.57. The molecule has 3 atom stereocenters. The Labute approximate surface area is 171 Å². The smallest absolute Gasteiger partial charge is 0.243 e. The van der Waals surface area contributed by atoms with Crippen LogP contribution in [0.3, 0.4) is 0 Å². The van der Waals surface area contributed by atoms with E-state index < -0.39 is 0 Å². The second kappa shape index (κ2) is 8.02. The number of nitrogens with one attached hydrogen (secondary N) is 2. The number of fused-ring (bicyclic) bond motifs is 5. The van der Waals surface area contributed by atoms with E-state index in [1.165, 1.54) is 0 Å². The number of carbonyl (C=O) groups is 1. The van der Waals surface area contributed by atoms with Crippen molar-refractivity contribution in [3.05, 3.63) is 24.0 Å². The first-order valence-electron chi connectivity index (χ1n) is 10.8. The van der Waals surface area contributed by atoms with Crippen molar-refractivity contribution in [2.24, 2.45) is 0 Å². The van der Waals surface area contributed by atoms with Gasteiger partial charge in [-0.25, -0.2) is 4.98 Å².